The van der Waals surface area contributed by atoms with Crippen LogP contribution in [0.2, 0.25) is 12.6 Å². The largest absolute Gasteiger partial charge is 0.388 e. The van der Waals surface area contributed by atoms with Crippen molar-refractivity contribution >= 4 is 34.9 Å². The average Bonchev–Trinajstić information content (AvgIpc) is 3.02. The molecule has 3 N–H and O–H groups in total. The molecule has 1 aliphatic heterocycles. The van der Waals surface area contributed by atoms with Crippen molar-refractivity contribution < 1.29 is 4.79 Å². The Morgan fingerprint density at radius 3 is 2.41 bits per heavy atom. The second-order valence-corrected chi connectivity index (χ2v) is 10.2. The smallest absolute Gasteiger partial charge is 0.176 e. The lowest BCUT2D eigenvalue weighted by Crippen LogP contribution is -2.29. The predicted octanol–water partition coefficient (Wildman–Crippen LogP) is 4.97. The van der Waals surface area contributed by atoms with Crippen molar-refractivity contribution in [3.63, 3.8) is 0 Å². The highest BCUT2D eigenvalue weighted by Gasteiger charge is 2.48. The maximum absolute atomic E-state index is 11.1. The molecule has 0 bridgehead atoms. The van der Waals surface area contributed by atoms with Crippen LogP contribution in [-0.4, -0.2) is 31.6 Å². The Morgan fingerprint density at radius 1 is 1.06 bits per heavy atom. The molecule has 5 heteroatoms. The van der Waals surface area contributed by atoms with E-state index in [1.54, 1.807) is 0 Å². The zero-order valence-corrected chi connectivity index (χ0v) is 20.1. The number of fused-ring (bicyclic) bond motifs is 1. The number of carbonyl (C=O) groups is 1. The van der Waals surface area contributed by atoms with Gasteiger partial charge in [-0.2, -0.15) is 0 Å². The Bertz CT molecular complexity index is 1050. The third-order valence-electron chi connectivity index (χ3n) is 7.50. The van der Waals surface area contributed by atoms with Gasteiger partial charge in [0, 0.05) is 37.1 Å². The van der Waals surface area contributed by atoms with Crippen LogP contribution in [0.25, 0.3) is 10.8 Å². The first kappa shape index (κ1) is 24.0. The number of aldehydes is 1. The van der Waals surface area contributed by atoms with Crippen molar-refractivity contribution in [2.24, 2.45) is 16.6 Å². The summed E-state index contributed by atoms with van der Waals surface area (Å²) in [5, 5.41) is 5.50. The second kappa shape index (κ2) is 9.87. The minimum atomic E-state index is -0.169. The summed E-state index contributed by atoms with van der Waals surface area (Å²) in [6.07, 6.45) is 7.05. The Balaban J connectivity index is 0.000000204. The quantitative estimate of drug-likeness (QED) is 0.444. The normalized spacial score (nSPS) is 17.4. The first-order valence-corrected chi connectivity index (χ1v) is 11.5. The van der Waals surface area contributed by atoms with Crippen LogP contribution in [0.5, 0.6) is 0 Å². The predicted molar refractivity (Wildman–Crippen MR) is 138 cm³/mol. The van der Waals surface area contributed by atoms with E-state index in [1.165, 1.54) is 28.9 Å². The Morgan fingerprint density at radius 2 is 1.78 bits per heavy atom. The standard InChI is InChI=1S/C17H26BNO.C10H10N2/c1-16(2)11-18(12-17(16,3)4)15-7-5-6-13(8-15)14(9-19)10-20;1-11-10-3-2-9-7-12-5-4-8(9)6-10/h5-8,10,14H,9,11-12,19H2,1-4H3;2-7,11H,1H3. The van der Waals surface area contributed by atoms with Gasteiger partial charge in [-0.15, -0.1) is 0 Å². The maximum atomic E-state index is 11.1. The van der Waals surface area contributed by atoms with Gasteiger partial charge in [0.15, 0.2) is 6.71 Å². The van der Waals surface area contributed by atoms with Gasteiger partial charge in [0.1, 0.15) is 6.29 Å². The van der Waals surface area contributed by atoms with Crippen LogP contribution in [-0.2, 0) is 4.79 Å². The molecule has 0 aliphatic carbocycles. The molecule has 1 atom stereocenters. The van der Waals surface area contributed by atoms with E-state index in [2.05, 4.69) is 68.3 Å². The third kappa shape index (κ3) is 5.21. The van der Waals surface area contributed by atoms with Crippen LogP contribution in [0.1, 0.15) is 39.2 Å². The second-order valence-electron chi connectivity index (χ2n) is 10.2. The summed E-state index contributed by atoms with van der Waals surface area (Å²) in [5.41, 5.74) is 9.93. The van der Waals surface area contributed by atoms with Gasteiger partial charge in [-0.05, 0) is 40.0 Å². The summed E-state index contributed by atoms with van der Waals surface area (Å²) in [6.45, 7) is 10.4. The molecule has 32 heavy (non-hydrogen) atoms. The van der Waals surface area contributed by atoms with Gasteiger partial charge in [-0.3, -0.25) is 4.98 Å². The molecule has 4 nitrogen and oxygen atoms in total. The highest BCUT2D eigenvalue weighted by molar-refractivity contribution is 6.74. The van der Waals surface area contributed by atoms with Crippen molar-refractivity contribution in [3.05, 3.63) is 66.5 Å². The van der Waals surface area contributed by atoms with E-state index in [0.717, 1.165) is 17.5 Å². The maximum Gasteiger partial charge on any atom is 0.176 e. The molecule has 1 fully saturated rings. The molecule has 0 radical (unpaired) electrons. The molecule has 1 unspecified atom stereocenters. The molecule has 0 amide bonds. The molecule has 2 aromatic carbocycles. The highest BCUT2D eigenvalue weighted by Crippen LogP contribution is 2.52. The van der Waals surface area contributed by atoms with E-state index in [9.17, 15) is 4.79 Å². The zero-order valence-electron chi connectivity index (χ0n) is 20.1. The number of aromatic nitrogens is 1. The average molecular weight is 429 g/mol. The molecule has 2 heterocycles. The van der Waals surface area contributed by atoms with Gasteiger partial charge in [0.25, 0.3) is 0 Å². The van der Waals surface area contributed by atoms with E-state index < -0.39 is 0 Å². The summed E-state index contributed by atoms with van der Waals surface area (Å²) in [4.78, 5) is 15.1. The third-order valence-corrected chi connectivity index (χ3v) is 7.50. The Kier molecular flexibility index (Phi) is 7.40. The first-order valence-electron chi connectivity index (χ1n) is 11.5. The Hall–Kier alpha value is -2.66. The fourth-order valence-electron chi connectivity index (χ4n) is 4.65. The molecule has 1 aliphatic rings. The monoisotopic (exact) mass is 429 g/mol. The summed E-state index contributed by atoms with van der Waals surface area (Å²) < 4.78 is 0. The molecule has 3 aromatic rings. The lowest BCUT2D eigenvalue weighted by molar-refractivity contribution is -0.108. The minimum absolute atomic E-state index is 0.169. The summed E-state index contributed by atoms with van der Waals surface area (Å²) in [7, 11) is 1.92. The van der Waals surface area contributed by atoms with Crippen LogP contribution in [0.15, 0.2) is 60.9 Å². The summed E-state index contributed by atoms with van der Waals surface area (Å²) in [5.74, 6) is -0.169. The topological polar surface area (TPSA) is 68.0 Å². The number of hydrogen-bond acceptors (Lipinski definition) is 4. The van der Waals surface area contributed by atoms with Crippen molar-refractivity contribution in [1.29, 1.82) is 0 Å². The number of nitrogens with two attached hydrogens (primary N) is 1. The number of anilines is 1. The van der Waals surface area contributed by atoms with Gasteiger partial charge >= 0.3 is 0 Å². The van der Waals surface area contributed by atoms with Crippen molar-refractivity contribution in [2.75, 3.05) is 18.9 Å². The van der Waals surface area contributed by atoms with Crippen LogP contribution in [0.4, 0.5) is 5.69 Å². The van der Waals surface area contributed by atoms with E-state index in [4.69, 9.17) is 5.73 Å². The molecule has 168 valence electrons. The highest BCUT2D eigenvalue weighted by atomic mass is 16.1. The number of hydrogen-bond donors (Lipinski definition) is 2. The van der Waals surface area contributed by atoms with Crippen molar-refractivity contribution in [3.8, 4) is 0 Å². The van der Waals surface area contributed by atoms with Crippen LogP contribution >= 0.6 is 0 Å². The van der Waals surface area contributed by atoms with E-state index in [-0.39, 0.29) is 5.92 Å². The molecule has 1 saturated heterocycles. The van der Waals surface area contributed by atoms with Gasteiger partial charge in [0.05, 0.1) is 5.92 Å². The number of carbonyl (C=O) groups excluding carboxylic acids is 1. The van der Waals surface area contributed by atoms with Gasteiger partial charge < -0.3 is 15.8 Å². The lowest BCUT2D eigenvalue weighted by Gasteiger charge is -2.35. The number of pyridine rings is 1. The van der Waals surface area contributed by atoms with Crippen LogP contribution < -0.4 is 16.5 Å². The summed E-state index contributed by atoms with van der Waals surface area (Å²) in [6, 6.07) is 16.7. The first-order chi connectivity index (χ1) is 15.2. The van der Waals surface area contributed by atoms with Crippen molar-refractivity contribution in [1.82, 2.24) is 4.98 Å². The number of nitrogens with one attached hydrogen (secondary N) is 1. The molecular formula is C27H36BN3O. The molecule has 1 aromatic heterocycles. The van der Waals surface area contributed by atoms with E-state index in [1.807, 2.05) is 37.6 Å². The number of rotatable bonds is 5. The number of benzene rings is 2. The van der Waals surface area contributed by atoms with E-state index >= 15 is 0 Å². The van der Waals surface area contributed by atoms with E-state index in [0.29, 0.717) is 24.1 Å². The molecule has 0 saturated carbocycles. The van der Waals surface area contributed by atoms with Gasteiger partial charge in [-0.1, -0.05) is 76.1 Å². The lowest BCUT2D eigenvalue weighted by atomic mass is 9.42. The zero-order chi connectivity index (χ0) is 23.4. The SMILES string of the molecule is CC1(C)CB(c2cccc(C(C=O)CN)c2)CC1(C)C.CNc1ccc2cnccc2c1. The van der Waals surface area contributed by atoms with Gasteiger partial charge in [-0.25, -0.2) is 0 Å². The van der Waals surface area contributed by atoms with Crippen molar-refractivity contribution in [2.45, 2.75) is 46.3 Å². The fraction of sp³-hybridized carbons (Fsp3) is 0.407. The number of nitrogens with zero attached hydrogens (tertiary/aromatic N) is 1. The molecule has 4 rings (SSSR count). The molecule has 0 spiro atoms. The Labute approximate surface area is 193 Å². The fourth-order valence-corrected chi connectivity index (χ4v) is 4.65. The molecular weight excluding hydrogens is 393 g/mol. The minimum Gasteiger partial charge on any atom is -0.388 e. The van der Waals surface area contributed by atoms with Gasteiger partial charge in [0.2, 0.25) is 0 Å². The van der Waals surface area contributed by atoms with Crippen LogP contribution in [0, 0.1) is 10.8 Å². The van der Waals surface area contributed by atoms with Crippen LogP contribution in [0.3, 0.4) is 0 Å². The summed E-state index contributed by atoms with van der Waals surface area (Å²) >= 11 is 0.